The van der Waals surface area contributed by atoms with E-state index < -0.39 is 12.0 Å². The third-order valence-corrected chi connectivity index (χ3v) is 6.98. The Kier molecular flexibility index (Phi) is 6.24. The number of hydrogen-bond acceptors (Lipinski definition) is 8. The summed E-state index contributed by atoms with van der Waals surface area (Å²) in [7, 11) is 0. The number of carbonyl (C=O) groups excluding carboxylic acids is 1. The van der Waals surface area contributed by atoms with Crippen LogP contribution in [0.2, 0.25) is 0 Å². The summed E-state index contributed by atoms with van der Waals surface area (Å²) in [6.07, 6.45) is 3.97. The summed E-state index contributed by atoms with van der Waals surface area (Å²) in [5, 5.41) is 10.1. The van der Waals surface area contributed by atoms with Gasteiger partial charge in [0.15, 0.2) is 16.3 Å². The van der Waals surface area contributed by atoms with Gasteiger partial charge in [0.05, 0.1) is 28.5 Å². The number of esters is 1. The summed E-state index contributed by atoms with van der Waals surface area (Å²) in [5.41, 5.74) is 2.66. The lowest BCUT2D eigenvalue weighted by Gasteiger charge is -2.24. The third kappa shape index (κ3) is 4.11. The van der Waals surface area contributed by atoms with Crippen LogP contribution in [0.25, 0.3) is 6.08 Å². The van der Waals surface area contributed by atoms with Crippen molar-refractivity contribution in [3.63, 3.8) is 0 Å². The highest BCUT2D eigenvalue weighted by Crippen LogP contribution is 2.38. The first-order valence-electron chi connectivity index (χ1n) is 11.4. The Hall–Kier alpha value is -4.11. The Morgan fingerprint density at radius 3 is 2.86 bits per heavy atom. The van der Waals surface area contributed by atoms with Gasteiger partial charge in [-0.15, -0.1) is 6.58 Å². The summed E-state index contributed by atoms with van der Waals surface area (Å²) in [6, 6.07) is 9.78. The van der Waals surface area contributed by atoms with Crippen LogP contribution >= 0.6 is 11.3 Å². The molecule has 9 heteroatoms. The SMILES string of the molecule is C=CCc1cc(/C=c2/sc3n(c2=O)[C@@H](c2ccc4c(c2)OCO4)C(C(=O)OCC)=C(C)N=3)ccc1O. The van der Waals surface area contributed by atoms with Crippen LogP contribution in [-0.4, -0.2) is 29.0 Å². The van der Waals surface area contributed by atoms with Gasteiger partial charge in [0, 0.05) is 0 Å². The molecule has 1 aromatic heterocycles. The van der Waals surface area contributed by atoms with E-state index >= 15 is 0 Å². The number of carbonyl (C=O) groups is 1. The van der Waals surface area contributed by atoms with E-state index in [-0.39, 0.29) is 24.7 Å². The molecule has 0 radical (unpaired) electrons. The molecule has 0 unspecified atom stereocenters. The molecular weight excluding hydrogens is 480 g/mol. The normalized spacial score (nSPS) is 16.5. The lowest BCUT2D eigenvalue weighted by Crippen LogP contribution is -2.39. The summed E-state index contributed by atoms with van der Waals surface area (Å²) in [6.45, 7) is 7.51. The lowest BCUT2D eigenvalue weighted by molar-refractivity contribution is -0.139. The van der Waals surface area contributed by atoms with Crippen LogP contribution in [0.4, 0.5) is 0 Å². The number of aromatic nitrogens is 1. The van der Waals surface area contributed by atoms with Crippen molar-refractivity contribution >= 4 is 23.4 Å². The van der Waals surface area contributed by atoms with Gasteiger partial charge >= 0.3 is 5.97 Å². The van der Waals surface area contributed by atoms with Crippen molar-refractivity contribution < 1.29 is 24.1 Å². The zero-order valence-corrected chi connectivity index (χ0v) is 20.6. The van der Waals surface area contributed by atoms with Gasteiger partial charge in [-0.1, -0.05) is 29.5 Å². The number of rotatable bonds is 6. The maximum absolute atomic E-state index is 13.7. The number of ether oxygens (including phenoxy) is 3. The highest BCUT2D eigenvalue weighted by molar-refractivity contribution is 7.07. The Morgan fingerprint density at radius 2 is 2.08 bits per heavy atom. The van der Waals surface area contributed by atoms with E-state index in [1.807, 2.05) is 12.1 Å². The van der Waals surface area contributed by atoms with Crippen LogP contribution in [0, 0.1) is 0 Å². The minimum absolute atomic E-state index is 0.113. The lowest BCUT2D eigenvalue weighted by atomic mass is 9.95. The van der Waals surface area contributed by atoms with E-state index in [1.165, 1.54) is 15.9 Å². The molecule has 8 nitrogen and oxygen atoms in total. The molecule has 3 aromatic rings. The fraction of sp³-hybridized carbons (Fsp3) is 0.222. The molecular formula is C27H24N2O6S. The number of fused-ring (bicyclic) bond motifs is 2. The zero-order valence-electron chi connectivity index (χ0n) is 19.8. The monoisotopic (exact) mass is 504 g/mol. The smallest absolute Gasteiger partial charge is 0.338 e. The molecule has 0 saturated carbocycles. The molecule has 184 valence electrons. The van der Waals surface area contributed by atoms with Crippen molar-refractivity contribution in [1.29, 1.82) is 0 Å². The maximum atomic E-state index is 13.7. The Morgan fingerprint density at radius 1 is 1.28 bits per heavy atom. The predicted molar refractivity (Wildman–Crippen MR) is 135 cm³/mol. The molecule has 0 fully saturated rings. The molecule has 3 heterocycles. The molecule has 5 rings (SSSR count). The molecule has 2 aromatic carbocycles. The van der Waals surface area contributed by atoms with Crippen molar-refractivity contribution in [1.82, 2.24) is 4.57 Å². The van der Waals surface area contributed by atoms with Crippen molar-refractivity contribution in [2.24, 2.45) is 4.99 Å². The molecule has 0 spiro atoms. The van der Waals surface area contributed by atoms with Crippen LogP contribution in [-0.2, 0) is 16.0 Å². The van der Waals surface area contributed by atoms with Crippen LogP contribution < -0.4 is 24.4 Å². The number of phenols is 1. The Labute approximate surface area is 210 Å². The number of aromatic hydroxyl groups is 1. The van der Waals surface area contributed by atoms with Crippen molar-refractivity contribution in [2.45, 2.75) is 26.3 Å². The summed E-state index contributed by atoms with van der Waals surface area (Å²) >= 11 is 1.24. The van der Waals surface area contributed by atoms with E-state index in [1.54, 1.807) is 50.3 Å². The molecule has 2 aliphatic heterocycles. The summed E-state index contributed by atoms with van der Waals surface area (Å²) in [4.78, 5) is 31.8. The molecule has 1 atom stereocenters. The van der Waals surface area contributed by atoms with Crippen molar-refractivity contribution in [2.75, 3.05) is 13.4 Å². The van der Waals surface area contributed by atoms with E-state index in [2.05, 4.69) is 11.6 Å². The van der Waals surface area contributed by atoms with Crippen molar-refractivity contribution in [3.8, 4) is 17.2 Å². The van der Waals surface area contributed by atoms with E-state index in [0.29, 0.717) is 49.7 Å². The maximum Gasteiger partial charge on any atom is 0.338 e. The number of hydrogen-bond donors (Lipinski definition) is 1. The van der Waals surface area contributed by atoms with Crippen LogP contribution in [0.1, 0.15) is 36.6 Å². The van der Waals surface area contributed by atoms with Crippen LogP contribution in [0.5, 0.6) is 17.2 Å². The van der Waals surface area contributed by atoms with Gasteiger partial charge in [0.25, 0.3) is 5.56 Å². The second kappa shape index (κ2) is 9.50. The summed E-state index contributed by atoms with van der Waals surface area (Å²) in [5.74, 6) is 0.799. The number of benzene rings is 2. The molecule has 0 bridgehead atoms. The van der Waals surface area contributed by atoms with Gasteiger partial charge in [-0.25, -0.2) is 9.79 Å². The topological polar surface area (TPSA) is 99.4 Å². The van der Waals surface area contributed by atoms with Crippen LogP contribution in [0.15, 0.2) is 70.1 Å². The van der Waals surface area contributed by atoms with Gasteiger partial charge in [0.2, 0.25) is 6.79 Å². The number of thiazole rings is 1. The third-order valence-electron chi connectivity index (χ3n) is 5.99. The minimum atomic E-state index is -0.743. The number of phenolic OH excluding ortho intramolecular Hbond substituents is 1. The second-order valence-corrected chi connectivity index (χ2v) is 9.31. The predicted octanol–water partition coefficient (Wildman–Crippen LogP) is 2.96. The average molecular weight is 505 g/mol. The molecule has 0 aliphatic carbocycles. The standard InChI is InChI=1S/C27H24N2O6S/c1-4-6-17-11-16(7-9-19(17)30)12-22-25(31)29-24(18-8-10-20-21(13-18)35-14-34-20)23(26(32)33-5-2)15(3)28-27(29)36-22/h4,7-13,24,30H,1,5-6,14H2,2-3H3/b22-12+/t24-/m0/s1. The van der Waals surface area contributed by atoms with Gasteiger partial charge in [-0.2, -0.15) is 0 Å². The van der Waals surface area contributed by atoms with Crippen molar-refractivity contribution in [3.05, 3.63) is 96.7 Å². The number of nitrogens with zero attached hydrogens (tertiary/aromatic N) is 2. The minimum Gasteiger partial charge on any atom is -0.508 e. The molecule has 1 N–H and O–H groups in total. The van der Waals surface area contributed by atoms with E-state index in [4.69, 9.17) is 14.2 Å². The van der Waals surface area contributed by atoms with Crippen LogP contribution in [0.3, 0.4) is 0 Å². The summed E-state index contributed by atoms with van der Waals surface area (Å²) < 4.78 is 18.3. The molecule has 36 heavy (non-hydrogen) atoms. The van der Waals surface area contributed by atoms with Gasteiger partial charge < -0.3 is 19.3 Å². The molecule has 0 saturated heterocycles. The van der Waals surface area contributed by atoms with E-state index in [0.717, 1.165) is 5.56 Å². The first-order valence-corrected chi connectivity index (χ1v) is 12.2. The number of allylic oxidation sites excluding steroid dienone is 2. The molecule has 0 amide bonds. The second-order valence-electron chi connectivity index (χ2n) is 8.30. The highest BCUT2D eigenvalue weighted by atomic mass is 32.1. The molecule has 2 aliphatic rings. The largest absolute Gasteiger partial charge is 0.508 e. The fourth-order valence-electron chi connectivity index (χ4n) is 4.36. The zero-order chi connectivity index (χ0) is 25.4. The van der Waals surface area contributed by atoms with Gasteiger partial charge in [0.1, 0.15) is 5.75 Å². The Balaban J connectivity index is 1.70. The Bertz CT molecular complexity index is 1600. The van der Waals surface area contributed by atoms with Gasteiger partial charge in [-0.05, 0) is 67.3 Å². The first-order chi connectivity index (χ1) is 17.4. The first kappa shape index (κ1) is 23.6. The van der Waals surface area contributed by atoms with Gasteiger partial charge in [-0.3, -0.25) is 9.36 Å². The highest BCUT2D eigenvalue weighted by Gasteiger charge is 2.34. The average Bonchev–Trinajstić information content (AvgIpc) is 3.44. The quantitative estimate of drug-likeness (QED) is 0.409. The van der Waals surface area contributed by atoms with E-state index in [9.17, 15) is 14.7 Å². The fourth-order valence-corrected chi connectivity index (χ4v) is 5.40.